The Hall–Kier alpha value is -0.540. The molecule has 1 aliphatic rings. The van der Waals surface area contributed by atoms with E-state index in [1.165, 1.54) is 6.07 Å². The van der Waals surface area contributed by atoms with Crippen molar-refractivity contribution in [1.82, 2.24) is 5.32 Å². The summed E-state index contributed by atoms with van der Waals surface area (Å²) < 4.78 is 13.5. The highest BCUT2D eigenvalue weighted by atomic mass is 32.2. The van der Waals surface area contributed by atoms with Crippen LogP contribution in [-0.4, -0.2) is 12.3 Å². The molecule has 0 radical (unpaired) electrons. The second-order valence-electron chi connectivity index (χ2n) is 3.66. The third-order valence-corrected chi connectivity index (χ3v) is 3.87. The zero-order valence-electron chi connectivity index (χ0n) is 8.38. The summed E-state index contributed by atoms with van der Waals surface area (Å²) in [6.07, 6.45) is 1.07. The molecule has 0 aliphatic carbocycles. The summed E-state index contributed by atoms with van der Waals surface area (Å²) in [5.41, 5.74) is 1.11. The number of hydrogen-bond acceptors (Lipinski definition) is 2. The molecular weight excluding hydrogens is 197 g/mol. The maximum absolute atomic E-state index is 13.5. The number of rotatable bonds is 1. The Morgan fingerprint density at radius 2 is 2.29 bits per heavy atom. The lowest BCUT2D eigenvalue weighted by Gasteiger charge is -2.29. The molecule has 1 nitrogen and oxygen atoms in total. The first kappa shape index (κ1) is 9.99. The van der Waals surface area contributed by atoms with E-state index >= 15 is 0 Å². The van der Waals surface area contributed by atoms with Crippen molar-refractivity contribution in [3.05, 3.63) is 29.6 Å². The van der Waals surface area contributed by atoms with Crippen molar-refractivity contribution >= 4 is 11.8 Å². The average Bonchev–Trinajstić information content (AvgIpc) is 2.18. The van der Waals surface area contributed by atoms with E-state index in [2.05, 4.69) is 12.2 Å². The summed E-state index contributed by atoms with van der Waals surface area (Å²) in [4.78, 5) is 0.825. The fourth-order valence-electron chi connectivity index (χ4n) is 1.91. The maximum Gasteiger partial charge on any atom is 0.137 e. The minimum Gasteiger partial charge on any atom is -0.313 e. The summed E-state index contributed by atoms with van der Waals surface area (Å²) in [7, 11) is 1.93. The fourth-order valence-corrected chi connectivity index (χ4v) is 3.12. The van der Waals surface area contributed by atoms with Crippen LogP contribution in [0.25, 0.3) is 0 Å². The second kappa shape index (κ2) is 3.91. The number of fused-ring (bicyclic) bond motifs is 1. The quantitative estimate of drug-likeness (QED) is 0.766. The summed E-state index contributed by atoms with van der Waals surface area (Å²) in [6.45, 7) is 2.14. The summed E-state index contributed by atoms with van der Waals surface area (Å²) in [5.74, 6) is -0.0840. The Labute approximate surface area is 88.1 Å². The molecule has 2 rings (SSSR count). The smallest absolute Gasteiger partial charge is 0.137 e. The van der Waals surface area contributed by atoms with Crippen LogP contribution in [0.15, 0.2) is 23.1 Å². The number of halogens is 1. The van der Waals surface area contributed by atoms with Crippen molar-refractivity contribution in [1.29, 1.82) is 0 Å². The van der Waals surface area contributed by atoms with Crippen LogP contribution in [0.5, 0.6) is 0 Å². The predicted octanol–water partition coefficient (Wildman–Crippen LogP) is 2.97. The second-order valence-corrected chi connectivity index (χ2v) is 5.11. The van der Waals surface area contributed by atoms with Crippen LogP contribution in [0.4, 0.5) is 4.39 Å². The predicted molar refractivity (Wildman–Crippen MR) is 58.1 cm³/mol. The maximum atomic E-state index is 13.5. The van der Waals surface area contributed by atoms with E-state index in [4.69, 9.17) is 0 Å². The summed E-state index contributed by atoms with van der Waals surface area (Å²) in [6, 6.07) is 5.64. The number of nitrogens with one attached hydrogen (secondary N) is 1. The highest BCUT2D eigenvalue weighted by Crippen LogP contribution is 2.41. The lowest BCUT2D eigenvalue weighted by molar-refractivity contribution is 0.511. The highest BCUT2D eigenvalue weighted by molar-refractivity contribution is 8.00. The lowest BCUT2D eigenvalue weighted by Crippen LogP contribution is -2.24. The molecule has 0 saturated carbocycles. The Morgan fingerprint density at radius 1 is 1.50 bits per heavy atom. The van der Waals surface area contributed by atoms with Crippen molar-refractivity contribution in [3.8, 4) is 0 Å². The molecular formula is C11H14FNS. The van der Waals surface area contributed by atoms with Gasteiger partial charge in [-0.1, -0.05) is 19.1 Å². The van der Waals surface area contributed by atoms with Crippen LogP contribution in [0, 0.1) is 5.82 Å². The van der Waals surface area contributed by atoms with Gasteiger partial charge in [-0.05, 0) is 25.1 Å². The van der Waals surface area contributed by atoms with Crippen molar-refractivity contribution in [2.75, 3.05) is 7.05 Å². The first-order chi connectivity index (χ1) is 6.72. The van der Waals surface area contributed by atoms with E-state index < -0.39 is 0 Å². The van der Waals surface area contributed by atoms with E-state index in [1.807, 2.05) is 13.1 Å². The van der Waals surface area contributed by atoms with E-state index in [-0.39, 0.29) is 5.82 Å². The molecule has 0 fully saturated rings. The van der Waals surface area contributed by atoms with E-state index in [0.29, 0.717) is 11.3 Å². The van der Waals surface area contributed by atoms with Gasteiger partial charge in [0, 0.05) is 16.2 Å². The molecule has 1 aromatic rings. The van der Waals surface area contributed by atoms with Gasteiger partial charge in [-0.15, -0.1) is 11.8 Å². The normalized spacial score (nSPS) is 25.9. The van der Waals surface area contributed by atoms with Crippen LogP contribution in [-0.2, 0) is 0 Å². The SMILES string of the molecule is CNC1CC(C)Sc2c(F)cccc21. The molecule has 2 unspecified atom stereocenters. The van der Waals surface area contributed by atoms with Gasteiger partial charge in [-0.2, -0.15) is 0 Å². The molecule has 76 valence electrons. The Morgan fingerprint density at radius 3 is 3.00 bits per heavy atom. The van der Waals surface area contributed by atoms with Gasteiger partial charge in [0.15, 0.2) is 0 Å². The van der Waals surface area contributed by atoms with Gasteiger partial charge in [0.2, 0.25) is 0 Å². The topological polar surface area (TPSA) is 12.0 Å². The minimum atomic E-state index is -0.0840. The van der Waals surface area contributed by atoms with Gasteiger partial charge in [0.25, 0.3) is 0 Å². The van der Waals surface area contributed by atoms with E-state index in [0.717, 1.165) is 16.9 Å². The number of benzene rings is 1. The lowest BCUT2D eigenvalue weighted by atomic mass is 10.0. The van der Waals surface area contributed by atoms with Gasteiger partial charge in [-0.25, -0.2) is 4.39 Å². The molecule has 0 bridgehead atoms. The third-order valence-electron chi connectivity index (χ3n) is 2.61. The van der Waals surface area contributed by atoms with Crippen molar-refractivity contribution in [3.63, 3.8) is 0 Å². The van der Waals surface area contributed by atoms with Crippen molar-refractivity contribution < 1.29 is 4.39 Å². The molecule has 14 heavy (non-hydrogen) atoms. The van der Waals surface area contributed by atoms with Crippen LogP contribution < -0.4 is 5.32 Å². The Kier molecular flexibility index (Phi) is 2.79. The van der Waals surface area contributed by atoms with E-state index in [1.54, 1.807) is 17.8 Å². The van der Waals surface area contributed by atoms with Crippen molar-refractivity contribution in [2.45, 2.75) is 29.5 Å². The number of hydrogen-bond donors (Lipinski definition) is 1. The Balaban J connectivity index is 2.45. The highest BCUT2D eigenvalue weighted by Gasteiger charge is 2.25. The van der Waals surface area contributed by atoms with Crippen LogP contribution in [0.3, 0.4) is 0 Å². The molecule has 2 atom stereocenters. The van der Waals surface area contributed by atoms with Gasteiger partial charge >= 0.3 is 0 Å². The average molecular weight is 211 g/mol. The molecule has 1 heterocycles. The fraction of sp³-hybridized carbons (Fsp3) is 0.455. The molecule has 0 spiro atoms. The number of thioether (sulfide) groups is 1. The molecule has 1 aromatic carbocycles. The van der Waals surface area contributed by atoms with Gasteiger partial charge in [0.05, 0.1) is 0 Å². The van der Waals surface area contributed by atoms with E-state index in [9.17, 15) is 4.39 Å². The largest absolute Gasteiger partial charge is 0.313 e. The standard InChI is InChI=1S/C11H14FNS/c1-7-6-10(13-2)8-4-3-5-9(12)11(8)14-7/h3-5,7,10,13H,6H2,1-2H3. The minimum absolute atomic E-state index is 0.0840. The van der Waals surface area contributed by atoms with Crippen LogP contribution in [0.1, 0.15) is 24.9 Å². The molecule has 0 amide bonds. The molecule has 1 aliphatic heterocycles. The van der Waals surface area contributed by atoms with Gasteiger partial charge in [0.1, 0.15) is 5.82 Å². The summed E-state index contributed by atoms with van der Waals surface area (Å²) in [5, 5.41) is 3.72. The van der Waals surface area contributed by atoms with Crippen molar-refractivity contribution in [2.24, 2.45) is 0 Å². The molecule has 0 saturated heterocycles. The monoisotopic (exact) mass is 211 g/mol. The zero-order valence-corrected chi connectivity index (χ0v) is 9.20. The Bertz CT molecular complexity index is 340. The summed E-state index contributed by atoms with van der Waals surface area (Å²) >= 11 is 1.64. The first-order valence-corrected chi connectivity index (χ1v) is 5.72. The zero-order chi connectivity index (χ0) is 10.1. The van der Waals surface area contributed by atoms with Crippen LogP contribution >= 0.6 is 11.8 Å². The first-order valence-electron chi connectivity index (χ1n) is 4.84. The third kappa shape index (κ3) is 1.66. The van der Waals surface area contributed by atoms with Gasteiger partial charge < -0.3 is 5.32 Å². The van der Waals surface area contributed by atoms with Crippen LogP contribution in [0.2, 0.25) is 0 Å². The molecule has 3 heteroatoms. The molecule has 0 aromatic heterocycles. The molecule has 1 N–H and O–H groups in total. The van der Waals surface area contributed by atoms with Gasteiger partial charge in [-0.3, -0.25) is 0 Å².